The molecule has 0 saturated heterocycles. The average Bonchev–Trinajstić information content (AvgIpc) is 2.64. The van der Waals surface area contributed by atoms with Crippen molar-refractivity contribution in [2.45, 2.75) is 68.7 Å². The summed E-state index contributed by atoms with van der Waals surface area (Å²) in [4.78, 5) is 0. The van der Waals surface area contributed by atoms with Crippen molar-refractivity contribution in [1.29, 1.82) is 0 Å². The first-order chi connectivity index (χ1) is 11.9. The van der Waals surface area contributed by atoms with Crippen molar-refractivity contribution < 1.29 is 0 Å². The number of nitrogen functional groups attached to an aromatic ring is 1. The Morgan fingerprint density at radius 2 is 1.44 bits per heavy atom. The summed E-state index contributed by atoms with van der Waals surface area (Å²) in [5.74, 6) is 0.493. The van der Waals surface area contributed by atoms with Gasteiger partial charge in [0.2, 0.25) is 0 Å². The molecular weight excluding hydrogens is 326 g/mol. The normalized spacial score (nSPS) is 9.32. The lowest BCUT2D eigenvalue weighted by molar-refractivity contribution is 0.795. The van der Waals surface area contributed by atoms with E-state index < -0.39 is 0 Å². The Balaban J connectivity index is -0.000000135. The van der Waals surface area contributed by atoms with Gasteiger partial charge >= 0.3 is 0 Å². The first kappa shape index (κ1) is 31.3. The van der Waals surface area contributed by atoms with E-state index in [0.717, 1.165) is 16.3 Å². The van der Waals surface area contributed by atoms with Gasteiger partial charge in [0.1, 0.15) is 0 Å². The Morgan fingerprint density at radius 1 is 1.04 bits per heavy atom. The number of benzene rings is 1. The molecule has 0 heterocycles. The Hall–Kier alpha value is -1.47. The number of anilines is 1. The molecule has 1 rings (SSSR count). The van der Waals surface area contributed by atoms with Gasteiger partial charge in [-0.1, -0.05) is 116 Å². The lowest BCUT2D eigenvalue weighted by atomic mass is 10.1. The van der Waals surface area contributed by atoms with Crippen LogP contribution in [0.4, 0.5) is 5.69 Å². The van der Waals surface area contributed by atoms with E-state index in [1.54, 1.807) is 0 Å². The van der Waals surface area contributed by atoms with E-state index in [1.807, 2.05) is 83.2 Å². The maximum absolute atomic E-state index is 5.75. The minimum atomic E-state index is 0.493. The number of halogens is 1. The fourth-order valence-electron chi connectivity index (χ4n) is 0.928. The minimum Gasteiger partial charge on any atom is -0.399 e. The molecule has 25 heavy (non-hydrogen) atoms. The van der Waals surface area contributed by atoms with Crippen molar-refractivity contribution in [2.75, 3.05) is 5.73 Å². The van der Waals surface area contributed by atoms with Gasteiger partial charge in [0.05, 0.1) is 0 Å². The summed E-state index contributed by atoms with van der Waals surface area (Å²) in [7, 11) is 0. The summed E-state index contributed by atoms with van der Waals surface area (Å²) in [6.07, 6.45) is 6.92. The number of nitrogens with two attached hydrogens (primary N) is 1. The molecule has 2 heteroatoms. The van der Waals surface area contributed by atoms with Gasteiger partial charge in [0, 0.05) is 10.7 Å². The van der Waals surface area contributed by atoms with Gasteiger partial charge in [0.25, 0.3) is 0 Å². The highest BCUT2D eigenvalue weighted by molar-refractivity contribution is 6.31. The third kappa shape index (κ3) is 30.9. The summed E-state index contributed by atoms with van der Waals surface area (Å²) in [6, 6.07) is 9.49. The number of hydrogen-bond donors (Lipinski definition) is 1. The molecule has 0 bridgehead atoms. The Labute approximate surface area is 163 Å². The second-order valence-electron chi connectivity index (χ2n) is 4.85. The van der Waals surface area contributed by atoms with Gasteiger partial charge in [-0.3, -0.25) is 0 Å². The van der Waals surface area contributed by atoms with Crippen molar-refractivity contribution in [3.8, 4) is 0 Å². The van der Waals surface area contributed by atoms with Crippen LogP contribution in [-0.4, -0.2) is 0 Å². The first-order valence-corrected chi connectivity index (χ1v) is 9.75. The molecule has 2 N–H and O–H groups in total. The van der Waals surface area contributed by atoms with Crippen LogP contribution >= 0.6 is 11.6 Å². The predicted octanol–water partition coefficient (Wildman–Crippen LogP) is 8.63. The van der Waals surface area contributed by atoms with Crippen molar-refractivity contribution >= 4 is 17.3 Å². The van der Waals surface area contributed by atoms with Gasteiger partial charge in [-0.05, 0) is 31.1 Å². The molecule has 0 fully saturated rings. The molecule has 0 radical (unpaired) electrons. The quantitative estimate of drug-likeness (QED) is 0.419. The summed E-state index contributed by atoms with van der Waals surface area (Å²) in [5.41, 5.74) is 7.28. The largest absolute Gasteiger partial charge is 0.399 e. The summed E-state index contributed by atoms with van der Waals surface area (Å²) >= 11 is 5.75. The van der Waals surface area contributed by atoms with Crippen molar-refractivity contribution in [1.82, 2.24) is 0 Å². The van der Waals surface area contributed by atoms with E-state index in [9.17, 15) is 0 Å². The molecular formula is C23H42ClN. The van der Waals surface area contributed by atoms with Crippen molar-refractivity contribution in [3.63, 3.8) is 0 Å². The third-order valence-corrected chi connectivity index (χ3v) is 2.62. The monoisotopic (exact) mass is 367 g/mol. The third-order valence-electron chi connectivity index (χ3n) is 2.27. The molecule has 0 aliphatic rings. The number of para-hydroxylation sites is 1. The minimum absolute atomic E-state index is 0.493. The van der Waals surface area contributed by atoms with E-state index >= 15 is 0 Å². The topological polar surface area (TPSA) is 26.0 Å². The SMILES string of the molecule is C=C(/C=C\C(Cl)=C/C)C(C)C.CC.CC.CCC.Nc1ccccc1. The molecule has 0 aliphatic carbocycles. The zero-order valence-electron chi connectivity index (χ0n) is 18.1. The van der Waals surface area contributed by atoms with Crippen LogP contribution in [0.3, 0.4) is 0 Å². The molecule has 0 aliphatic heterocycles. The van der Waals surface area contributed by atoms with Gasteiger partial charge < -0.3 is 5.73 Å². The van der Waals surface area contributed by atoms with Gasteiger partial charge in [-0.25, -0.2) is 0 Å². The highest BCUT2D eigenvalue weighted by Crippen LogP contribution is 2.10. The molecule has 0 aromatic heterocycles. The molecule has 0 spiro atoms. The standard InChI is InChI=1S/C10H15Cl.C6H7N.C3H8.2C2H6/c1-5-10(11)7-6-9(4)8(2)3;7-6-4-2-1-3-5-6;1-3-2;2*1-2/h5-8H,4H2,1-3H3;1-5H,7H2;3H2,1-2H3;2*1-2H3/b7-6-,10-5+;;;;. The van der Waals surface area contributed by atoms with E-state index in [0.29, 0.717) is 5.92 Å². The molecule has 1 aromatic carbocycles. The van der Waals surface area contributed by atoms with Crippen LogP contribution in [0.1, 0.15) is 68.7 Å². The Bertz CT molecular complexity index is 417. The lowest BCUT2D eigenvalue weighted by Crippen LogP contribution is -1.86. The van der Waals surface area contributed by atoms with Gasteiger partial charge in [-0.2, -0.15) is 0 Å². The number of rotatable bonds is 3. The van der Waals surface area contributed by atoms with Crippen LogP contribution in [0.25, 0.3) is 0 Å². The second kappa shape index (κ2) is 27.4. The molecule has 0 atom stereocenters. The van der Waals surface area contributed by atoms with Crippen molar-refractivity contribution in [3.05, 3.63) is 65.7 Å². The lowest BCUT2D eigenvalue weighted by Gasteiger charge is -2.01. The van der Waals surface area contributed by atoms with Crippen LogP contribution in [0, 0.1) is 5.92 Å². The predicted molar refractivity (Wildman–Crippen MR) is 122 cm³/mol. The zero-order valence-corrected chi connectivity index (χ0v) is 18.8. The van der Waals surface area contributed by atoms with Crippen LogP contribution in [0.15, 0.2) is 65.7 Å². The first-order valence-electron chi connectivity index (χ1n) is 9.38. The average molecular weight is 368 g/mol. The fourth-order valence-corrected chi connectivity index (χ4v) is 0.991. The fraction of sp³-hybridized carbons (Fsp3) is 0.478. The zero-order chi connectivity index (χ0) is 20.7. The van der Waals surface area contributed by atoms with Gasteiger partial charge in [0.15, 0.2) is 0 Å². The highest BCUT2D eigenvalue weighted by Gasteiger charge is 1.93. The van der Waals surface area contributed by atoms with Crippen LogP contribution in [0.2, 0.25) is 0 Å². The molecule has 0 unspecified atom stereocenters. The molecule has 1 aromatic rings. The number of hydrogen-bond acceptors (Lipinski definition) is 1. The maximum Gasteiger partial charge on any atom is 0.0363 e. The van der Waals surface area contributed by atoms with Crippen molar-refractivity contribution in [2.24, 2.45) is 5.92 Å². The van der Waals surface area contributed by atoms with E-state index in [1.165, 1.54) is 6.42 Å². The Kier molecular flexibility index (Phi) is 34.3. The van der Waals surface area contributed by atoms with E-state index in [2.05, 4.69) is 34.3 Å². The second-order valence-corrected chi connectivity index (χ2v) is 5.29. The summed E-state index contributed by atoms with van der Waals surface area (Å²) in [5, 5.41) is 0.756. The van der Waals surface area contributed by atoms with Gasteiger partial charge in [-0.15, -0.1) is 0 Å². The molecule has 146 valence electrons. The van der Waals surface area contributed by atoms with Crippen LogP contribution in [-0.2, 0) is 0 Å². The molecule has 0 amide bonds. The smallest absolute Gasteiger partial charge is 0.0363 e. The Morgan fingerprint density at radius 3 is 1.68 bits per heavy atom. The van der Waals surface area contributed by atoms with E-state index in [4.69, 9.17) is 17.3 Å². The maximum atomic E-state index is 5.75. The molecule has 0 saturated carbocycles. The highest BCUT2D eigenvalue weighted by atomic mass is 35.5. The van der Waals surface area contributed by atoms with Crippen LogP contribution < -0.4 is 5.73 Å². The molecule has 1 nitrogen and oxygen atoms in total. The number of allylic oxidation sites excluding steroid dienone is 5. The van der Waals surface area contributed by atoms with E-state index in [-0.39, 0.29) is 0 Å². The summed E-state index contributed by atoms with van der Waals surface area (Å²) in [6.45, 7) is 22.3. The summed E-state index contributed by atoms with van der Waals surface area (Å²) < 4.78 is 0. The van der Waals surface area contributed by atoms with Crippen LogP contribution in [0.5, 0.6) is 0 Å².